The van der Waals surface area contributed by atoms with Crippen LogP contribution < -0.4 is 0 Å². The van der Waals surface area contributed by atoms with Gasteiger partial charge in [0.05, 0.1) is 12.0 Å². The van der Waals surface area contributed by atoms with Gasteiger partial charge in [0.2, 0.25) is 0 Å². The van der Waals surface area contributed by atoms with E-state index in [0.29, 0.717) is 30.8 Å². The molecule has 0 aromatic heterocycles. The minimum atomic E-state index is -0.759. The van der Waals surface area contributed by atoms with Gasteiger partial charge in [0.1, 0.15) is 0 Å². The smallest absolute Gasteiger partial charge is 0.333 e. The first-order valence-electron chi connectivity index (χ1n) is 7.91. The normalized spacial score (nSPS) is 42.2. The standard InChI is InChI=1S/C17H24O5/c1-11(2)13(19)22-10-16-4-12-3-15(6-16,9-18)7-17(5-12,8-16)14(20)21/h12,18H,1,3-10H2,2H3,(H,20,21). The van der Waals surface area contributed by atoms with Gasteiger partial charge < -0.3 is 14.9 Å². The quantitative estimate of drug-likeness (QED) is 0.600. The van der Waals surface area contributed by atoms with Crippen LogP contribution in [0.4, 0.5) is 0 Å². The molecule has 122 valence electrons. The second kappa shape index (κ2) is 4.82. The van der Waals surface area contributed by atoms with Crippen LogP contribution in [0.5, 0.6) is 0 Å². The highest BCUT2D eigenvalue weighted by Crippen LogP contribution is 2.69. The average Bonchev–Trinajstić information content (AvgIpc) is 2.43. The van der Waals surface area contributed by atoms with Crippen molar-refractivity contribution in [2.75, 3.05) is 13.2 Å². The average molecular weight is 308 g/mol. The van der Waals surface area contributed by atoms with Crippen molar-refractivity contribution in [1.29, 1.82) is 0 Å². The number of aliphatic hydroxyl groups is 1. The number of carboxylic acids is 1. The van der Waals surface area contributed by atoms with Gasteiger partial charge in [0, 0.05) is 17.6 Å². The molecule has 0 radical (unpaired) electrons. The first-order valence-corrected chi connectivity index (χ1v) is 7.91. The van der Waals surface area contributed by atoms with Gasteiger partial charge in [-0.25, -0.2) is 4.79 Å². The lowest BCUT2D eigenvalue weighted by Gasteiger charge is -2.64. The summed E-state index contributed by atoms with van der Waals surface area (Å²) in [6.45, 7) is 5.45. The van der Waals surface area contributed by atoms with Crippen LogP contribution in [0.2, 0.25) is 0 Å². The molecule has 0 spiro atoms. The predicted octanol–water partition coefficient (Wildman–Crippen LogP) is 2.14. The molecule has 5 heteroatoms. The van der Waals surface area contributed by atoms with E-state index in [0.717, 1.165) is 19.3 Å². The van der Waals surface area contributed by atoms with Crippen LogP contribution in [0.15, 0.2) is 12.2 Å². The molecule has 0 heterocycles. The fraction of sp³-hybridized carbons (Fsp3) is 0.765. The number of ether oxygens (including phenoxy) is 1. The zero-order chi connectivity index (χ0) is 16.2. The summed E-state index contributed by atoms with van der Waals surface area (Å²) in [5.74, 6) is -0.869. The lowest BCUT2D eigenvalue weighted by molar-refractivity contribution is -0.207. The Labute approximate surface area is 130 Å². The Balaban J connectivity index is 1.87. The SMILES string of the molecule is C=C(C)C(=O)OCC12CC3CC(CO)(C1)CC(C(=O)O)(C3)C2. The van der Waals surface area contributed by atoms with Crippen molar-refractivity contribution < 1.29 is 24.5 Å². The van der Waals surface area contributed by atoms with Crippen molar-refractivity contribution in [2.24, 2.45) is 22.2 Å². The molecule has 22 heavy (non-hydrogen) atoms. The monoisotopic (exact) mass is 308 g/mol. The van der Waals surface area contributed by atoms with Crippen LogP contribution >= 0.6 is 0 Å². The maximum atomic E-state index is 11.9. The number of carbonyl (C=O) groups excluding carboxylic acids is 1. The molecule has 0 amide bonds. The van der Waals surface area contributed by atoms with Crippen molar-refractivity contribution in [3.63, 3.8) is 0 Å². The van der Waals surface area contributed by atoms with Gasteiger partial charge in [-0.1, -0.05) is 6.58 Å². The zero-order valence-corrected chi connectivity index (χ0v) is 13.1. The number of esters is 1. The van der Waals surface area contributed by atoms with E-state index >= 15 is 0 Å². The Hall–Kier alpha value is -1.36. The number of hydrogen-bond donors (Lipinski definition) is 2. The van der Waals surface area contributed by atoms with Crippen LogP contribution in [0.1, 0.15) is 45.4 Å². The van der Waals surface area contributed by atoms with Gasteiger partial charge >= 0.3 is 11.9 Å². The van der Waals surface area contributed by atoms with Gasteiger partial charge in [-0.05, 0) is 56.8 Å². The van der Waals surface area contributed by atoms with Gasteiger partial charge in [-0.15, -0.1) is 0 Å². The summed E-state index contributed by atoms with van der Waals surface area (Å²) in [7, 11) is 0. The lowest BCUT2D eigenvalue weighted by Crippen LogP contribution is -2.61. The molecular weight excluding hydrogens is 284 g/mol. The molecule has 4 rings (SSSR count). The van der Waals surface area contributed by atoms with Crippen molar-refractivity contribution >= 4 is 11.9 Å². The molecule has 5 nitrogen and oxygen atoms in total. The Morgan fingerprint density at radius 2 is 1.82 bits per heavy atom. The number of rotatable bonds is 5. The Morgan fingerprint density at radius 1 is 1.18 bits per heavy atom. The van der Waals surface area contributed by atoms with E-state index < -0.39 is 17.4 Å². The van der Waals surface area contributed by atoms with E-state index in [1.54, 1.807) is 6.92 Å². The minimum absolute atomic E-state index is 0.0225. The molecule has 4 aliphatic carbocycles. The van der Waals surface area contributed by atoms with Crippen LogP contribution in [0.3, 0.4) is 0 Å². The van der Waals surface area contributed by atoms with Crippen LogP contribution in [0.25, 0.3) is 0 Å². The molecule has 0 aliphatic heterocycles. The highest BCUT2D eigenvalue weighted by atomic mass is 16.5. The number of aliphatic carboxylic acids is 1. The molecule has 0 aromatic rings. The molecule has 4 bridgehead atoms. The second-order valence-electron chi connectivity index (χ2n) is 8.11. The lowest BCUT2D eigenvalue weighted by atomic mass is 9.40. The third-order valence-corrected chi connectivity index (χ3v) is 5.95. The van der Waals surface area contributed by atoms with Crippen LogP contribution in [0, 0.1) is 22.2 Å². The fourth-order valence-electron chi connectivity index (χ4n) is 5.76. The summed E-state index contributed by atoms with van der Waals surface area (Å²) in [5.41, 5.74) is -1.01. The zero-order valence-electron chi connectivity index (χ0n) is 13.1. The number of hydrogen-bond acceptors (Lipinski definition) is 4. The van der Waals surface area contributed by atoms with Crippen molar-refractivity contribution in [1.82, 2.24) is 0 Å². The van der Waals surface area contributed by atoms with Gasteiger partial charge in [0.25, 0.3) is 0 Å². The molecular formula is C17H24O5. The van der Waals surface area contributed by atoms with Gasteiger partial charge in [-0.3, -0.25) is 4.79 Å². The Bertz CT molecular complexity index is 541. The third kappa shape index (κ3) is 2.26. The first-order chi connectivity index (χ1) is 10.2. The topological polar surface area (TPSA) is 83.8 Å². The summed E-state index contributed by atoms with van der Waals surface area (Å²) >= 11 is 0. The Kier molecular flexibility index (Phi) is 3.40. The van der Waals surface area contributed by atoms with E-state index in [-0.39, 0.29) is 24.0 Å². The molecule has 0 aromatic carbocycles. The van der Waals surface area contributed by atoms with E-state index in [1.165, 1.54) is 0 Å². The molecule has 4 unspecified atom stereocenters. The summed E-state index contributed by atoms with van der Waals surface area (Å²) < 4.78 is 5.39. The highest BCUT2D eigenvalue weighted by molar-refractivity contribution is 5.87. The second-order valence-corrected chi connectivity index (χ2v) is 8.11. The summed E-state index contributed by atoms with van der Waals surface area (Å²) in [4.78, 5) is 23.6. The fourth-order valence-corrected chi connectivity index (χ4v) is 5.76. The Morgan fingerprint density at radius 3 is 2.41 bits per heavy atom. The maximum absolute atomic E-state index is 11.9. The van der Waals surface area contributed by atoms with E-state index in [2.05, 4.69) is 6.58 Å². The molecule has 4 fully saturated rings. The molecule has 4 atom stereocenters. The first kappa shape index (κ1) is 15.5. The van der Waals surface area contributed by atoms with E-state index in [9.17, 15) is 19.8 Å². The summed E-state index contributed by atoms with van der Waals surface area (Å²) in [6.07, 6.45) is 4.35. The molecule has 4 aliphatic rings. The van der Waals surface area contributed by atoms with Crippen LogP contribution in [-0.2, 0) is 14.3 Å². The number of carboxylic acid groups (broad SMARTS) is 1. The number of carbonyl (C=O) groups is 2. The summed E-state index contributed by atoms with van der Waals surface area (Å²) in [5, 5.41) is 19.7. The van der Waals surface area contributed by atoms with E-state index in [1.807, 2.05) is 0 Å². The third-order valence-electron chi connectivity index (χ3n) is 5.95. The van der Waals surface area contributed by atoms with Crippen molar-refractivity contribution in [3.8, 4) is 0 Å². The minimum Gasteiger partial charge on any atom is -0.481 e. The van der Waals surface area contributed by atoms with Crippen LogP contribution in [-0.4, -0.2) is 35.4 Å². The number of aliphatic hydroxyl groups excluding tert-OH is 1. The van der Waals surface area contributed by atoms with Crippen molar-refractivity contribution in [2.45, 2.75) is 45.4 Å². The maximum Gasteiger partial charge on any atom is 0.333 e. The summed E-state index contributed by atoms with van der Waals surface area (Å²) in [6, 6.07) is 0. The molecule has 4 saturated carbocycles. The van der Waals surface area contributed by atoms with Gasteiger partial charge in [0.15, 0.2) is 0 Å². The van der Waals surface area contributed by atoms with Gasteiger partial charge in [-0.2, -0.15) is 0 Å². The van der Waals surface area contributed by atoms with E-state index in [4.69, 9.17) is 4.74 Å². The highest BCUT2D eigenvalue weighted by Gasteiger charge is 2.66. The molecule has 2 N–H and O–H groups in total. The predicted molar refractivity (Wildman–Crippen MR) is 79.0 cm³/mol. The van der Waals surface area contributed by atoms with Crippen molar-refractivity contribution in [3.05, 3.63) is 12.2 Å². The largest absolute Gasteiger partial charge is 0.481 e. The molecule has 0 saturated heterocycles.